The zero-order valence-electron chi connectivity index (χ0n) is 9.98. The highest BCUT2D eigenvalue weighted by molar-refractivity contribution is 5.73. The first-order valence-corrected chi connectivity index (χ1v) is 6.34. The van der Waals surface area contributed by atoms with E-state index < -0.39 is 0 Å². The van der Waals surface area contributed by atoms with E-state index in [0.29, 0.717) is 12.0 Å². The van der Waals surface area contributed by atoms with Gasteiger partial charge in [0.25, 0.3) is 0 Å². The maximum absolute atomic E-state index is 11.1. The summed E-state index contributed by atoms with van der Waals surface area (Å²) < 4.78 is 0. The molecule has 1 atom stereocenters. The third-order valence-electron chi connectivity index (χ3n) is 3.72. The van der Waals surface area contributed by atoms with E-state index in [-0.39, 0.29) is 12.0 Å². The molecule has 0 aromatic carbocycles. The Bertz CT molecular complexity index is 245. The molecule has 4 nitrogen and oxygen atoms in total. The predicted octanol–water partition coefficient (Wildman–Crippen LogP) is 0.358. The molecule has 2 aliphatic rings. The summed E-state index contributed by atoms with van der Waals surface area (Å²) in [6, 6.07) is 0.476. The van der Waals surface area contributed by atoms with E-state index in [4.69, 9.17) is 0 Å². The van der Waals surface area contributed by atoms with Crippen molar-refractivity contribution in [3.8, 4) is 0 Å². The van der Waals surface area contributed by atoms with Gasteiger partial charge >= 0.3 is 0 Å². The summed E-state index contributed by atoms with van der Waals surface area (Å²) in [5.41, 5.74) is 0. The lowest BCUT2D eigenvalue weighted by Gasteiger charge is -2.32. The molecule has 1 aliphatic carbocycles. The highest BCUT2D eigenvalue weighted by atomic mass is 16.3. The first-order chi connectivity index (χ1) is 7.66. The molecule has 0 radical (unpaired) electrons. The van der Waals surface area contributed by atoms with Gasteiger partial charge in [-0.2, -0.15) is 0 Å². The van der Waals surface area contributed by atoms with Gasteiger partial charge in [-0.3, -0.25) is 4.79 Å². The van der Waals surface area contributed by atoms with Crippen molar-refractivity contribution in [2.45, 2.75) is 44.8 Å². The number of carbonyl (C=O) groups excluding carboxylic acids is 1. The van der Waals surface area contributed by atoms with E-state index in [1.54, 1.807) is 6.92 Å². The van der Waals surface area contributed by atoms with Crippen molar-refractivity contribution in [1.29, 1.82) is 0 Å². The second kappa shape index (κ2) is 5.15. The smallest absolute Gasteiger partial charge is 0.219 e. The van der Waals surface area contributed by atoms with Gasteiger partial charge in [-0.1, -0.05) is 0 Å². The number of amides is 1. The van der Waals surface area contributed by atoms with Gasteiger partial charge in [-0.15, -0.1) is 0 Å². The number of nitrogens with zero attached hydrogens (tertiary/aromatic N) is 1. The van der Waals surface area contributed by atoms with Crippen molar-refractivity contribution in [2.24, 2.45) is 5.92 Å². The van der Waals surface area contributed by atoms with Gasteiger partial charge in [0.2, 0.25) is 5.91 Å². The molecule has 1 aliphatic heterocycles. The first kappa shape index (κ1) is 11.9. The van der Waals surface area contributed by atoms with Crippen LogP contribution in [0.25, 0.3) is 0 Å². The number of hydrogen-bond donors (Lipinski definition) is 2. The van der Waals surface area contributed by atoms with Crippen molar-refractivity contribution >= 4 is 5.91 Å². The minimum absolute atomic E-state index is 0.161. The quantitative estimate of drug-likeness (QED) is 0.727. The summed E-state index contributed by atoms with van der Waals surface area (Å²) in [4.78, 5) is 13.0. The maximum Gasteiger partial charge on any atom is 0.219 e. The Morgan fingerprint density at radius 2 is 2.00 bits per heavy atom. The van der Waals surface area contributed by atoms with Crippen LogP contribution in [-0.2, 0) is 4.79 Å². The van der Waals surface area contributed by atoms with Crippen LogP contribution in [0.4, 0.5) is 0 Å². The molecule has 16 heavy (non-hydrogen) atoms. The Balaban J connectivity index is 1.63. The van der Waals surface area contributed by atoms with Crippen molar-refractivity contribution in [3.05, 3.63) is 0 Å². The standard InChI is InChI=1S/C12H22N2O2/c1-9(15)14-6-4-11(5-7-14)13-8-12(16)10-2-3-10/h10-13,16H,2-8H2,1H3. The van der Waals surface area contributed by atoms with Crippen LogP contribution in [0.1, 0.15) is 32.6 Å². The Hall–Kier alpha value is -0.610. The van der Waals surface area contributed by atoms with Gasteiger partial charge < -0.3 is 15.3 Å². The fraction of sp³-hybridized carbons (Fsp3) is 0.917. The summed E-state index contributed by atoms with van der Waals surface area (Å²) in [7, 11) is 0. The molecule has 2 rings (SSSR count). The minimum atomic E-state index is -0.161. The lowest BCUT2D eigenvalue weighted by atomic mass is 10.0. The zero-order chi connectivity index (χ0) is 11.5. The largest absolute Gasteiger partial charge is 0.392 e. The molecule has 0 aromatic heterocycles. The fourth-order valence-electron chi connectivity index (χ4n) is 2.33. The predicted molar refractivity (Wildman–Crippen MR) is 62.0 cm³/mol. The number of aliphatic hydroxyl groups excluding tert-OH is 1. The molecule has 2 N–H and O–H groups in total. The van der Waals surface area contributed by atoms with Crippen molar-refractivity contribution < 1.29 is 9.90 Å². The molecule has 1 amide bonds. The molecule has 1 saturated heterocycles. The molecule has 0 aromatic rings. The lowest BCUT2D eigenvalue weighted by molar-refractivity contribution is -0.129. The number of piperidine rings is 1. The molecule has 1 saturated carbocycles. The Morgan fingerprint density at radius 3 is 2.50 bits per heavy atom. The fourth-order valence-corrected chi connectivity index (χ4v) is 2.33. The Labute approximate surface area is 97.0 Å². The summed E-state index contributed by atoms with van der Waals surface area (Å²) in [5.74, 6) is 0.723. The van der Waals surface area contributed by atoms with Gasteiger partial charge in [0.1, 0.15) is 0 Å². The van der Waals surface area contributed by atoms with E-state index in [9.17, 15) is 9.90 Å². The van der Waals surface area contributed by atoms with E-state index in [2.05, 4.69) is 5.32 Å². The van der Waals surface area contributed by atoms with Gasteiger partial charge in [0.05, 0.1) is 6.10 Å². The van der Waals surface area contributed by atoms with Crippen LogP contribution in [0.5, 0.6) is 0 Å². The molecule has 1 heterocycles. The second-order valence-electron chi connectivity index (χ2n) is 5.09. The summed E-state index contributed by atoms with van der Waals surface area (Å²) in [6.45, 7) is 4.05. The van der Waals surface area contributed by atoms with Crippen LogP contribution in [0, 0.1) is 5.92 Å². The number of aliphatic hydroxyl groups is 1. The normalized spacial score (nSPS) is 24.5. The SMILES string of the molecule is CC(=O)N1CCC(NCC(O)C2CC2)CC1. The van der Waals surface area contributed by atoms with E-state index in [1.807, 2.05) is 4.90 Å². The summed E-state index contributed by atoms with van der Waals surface area (Å²) >= 11 is 0. The van der Waals surface area contributed by atoms with Gasteiger partial charge in [-0.25, -0.2) is 0 Å². The molecule has 4 heteroatoms. The average Bonchev–Trinajstić information content (AvgIpc) is 3.10. The minimum Gasteiger partial charge on any atom is -0.392 e. The van der Waals surface area contributed by atoms with Crippen LogP contribution in [0.15, 0.2) is 0 Å². The summed E-state index contributed by atoms with van der Waals surface area (Å²) in [5, 5.41) is 13.1. The highest BCUT2D eigenvalue weighted by Crippen LogP contribution is 2.32. The average molecular weight is 226 g/mol. The van der Waals surface area contributed by atoms with E-state index >= 15 is 0 Å². The third-order valence-corrected chi connectivity index (χ3v) is 3.72. The Kier molecular flexibility index (Phi) is 3.82. The van der Waals surface area contributed by atoms with Crippen molar-refractivity contribution in [2.75, 3.05) is 19.6 Å². The number of hydrogen-bond acceptors (Lipinski definition) is 3. The number of rotatable bonds is 4. The van der Waals surface area contributed by atoms with Gasteiger partial charge in [0.15, 0.2) is 0 Å². The monoisotopic (exact) mass is 226 g/mol. The van der Waals surface area contributed by atoms with Gasteiger partial charge in [-0.05, 0) is 31.6 Å². The highest BCUT2D eigenvalue weighted by Gasteiger charge is 2.30. The zero-order valence-corrected chi connectivity index (χ0v) is 9.98. The molecule has 92 valence electrons. The molecule has 0 bridgehead atoms. The van der Waals surface area contributed by atoms with E-state index in [1.165, 1.54) is 12.8 Å². The molecule has 1 unspecified atom stereocenters. The first-order valence-electron chi connectivity index (χ1n) is 6.34. The number of likely N-dealkylation sites (tertiary alicyclic amines) is 1. The van der Waals surface area contributed by atoms with Crippen LogP contribution >= 0.6 is 0 Å². The maximum atomic E-state index is 11.1. The molecular weight excluding hydrogens is 204 g/mol. The van der Waals surface area contributed by atoms with Crippen LogP contribution < -0.4 is 5.32 Å². The molecule has 0 spiro atoms. The van der Waals surface area contributed by atoms with Crippen LogP contribution in [0.2, 0.25) is 0 Å². The van der Waals surface area contributed by atoms with Crippen LogP contribution in [-0.4, -0.2) is 47.7 Å². The summed E-state index contributed by atoms with van der Waals surface area (Å²) in [6.07, 6.45) is 4.23. The van der Waals surface area contributed by atoms with Gasteiger partial charge in [0, 0.05) is 32.6 Å². The Morgan fingerprint density at radius 1 is 1.38 bits per heavy atom. The number of nitrogens with one attached hydrogen (secondary N) is 1. The third kappa shape index (κ3) is 3.19. The number of carbonyl (C=O) groups is 1. The van der Waals surface area contributed by atoms with Crippen LogP contribution in [0.3, 0.4) is 0 Å². The van der Waals surface area contributed by atoms with E-state index in [0.717, 1.165) is 32.5 Å². The van der Waals surface area contributed by atoms with Crippen molar-refractivity contribution in [1.82, 2.24) is 10.2 Å². The van der Waals surface area contributed by atoms with Crippen molar-refractivity contribution in [3.63, 3.8) is 0 Å². The molecular formula is C12H22N2O2. The molecule has 2 fully saturated rings. The lowest BCUT2D eigenvalue weighted by Crippen LogP contribution is -2.46. The topological polar surface area (TPSA) is 52.6 Å². The second-order valence-corrected chi connectivity index (χ2v) is 5.09.